The highest BCUT2D eigenvalue weighted by atomic mass is 16.5. The Labute approximate surface area is 147 Å². The van der Waals surface area contributed by atoms with E-state index < -0.39 is 0 Å². The SMILES string of the molecule is C[C@H]1CCCN1CCCOc1ccc(-c2ccc3nncn3n2)cc1. The molecule has 0 radical (unpaired) electrons. The molecule has 1 saturated heterocycles. The van der Waals surface area contributed by atoms with Crippen molar-refractivity contribution in [3.8, 4) is 17.0 Å². The van der Waals surface area contributed by atoms with Crippen molar-refractivity contribution >= 4 is 5.65 Å². The first kappa shape index (κ1) is 16.0. The molecule has 0 amide bonds. The second-order valence-corrected chi connectivity index (χ2v) is 6.61. The number of rotatable bonds is 6. The predicted octanol–water partition coefficient (Wildman–Crippen LogP) is 3.04. The highest BCUT2D eigenvalue weighted by Crippen LogP contribution is 2.21. The normalized spacial score (nSPS) is 18.0. The van der Waals surface area contributed by atoms with Crippen molar-refractivity contribution in [2.45, 2.75) is 32.2 Å². The summed E-state index contributed by atoms with van der Waals surface area (Å²) in [6, 6.07) is 12.7. The number of likely N-dealkylation sites (tertiary alicyclic amines) is 1. The van der Waals surface area contributed by atoms with Crippen LogP contribution in [0.15, 0.2) is 42.7 Å². The third-order valence-electron chi connectivity index (χ3n) is 4.86. The molecular formula is C19H23N5O. The predicted molar refractivity (Wildman–Crippen MR) is 96.6 cm³/mol. The summed E-state index contributed by atoms with van der Waals surface area (Å²) in [4.78, 5) is 2.55. The molecule has 6 heteroatoms. The topological polar surface area (TPSA) is 55.5 Å². The van der Waals surface area contributed by atoms with Gasteiger partial charge in [-0.2, -0.15) is 9.61 Å². The van der Waals surface area contributed by atoms with E-state index in [1.165, 1.54) is 19.4 Å². The Morgan fingerprint density at radius 1 is 1.16 bits per heavy atom. The smallest absolute Gasteiger partial charge is 0.177 e. The number of nitrogens with zero attached hydrogens (tertiary/aromatic N) is 5. The van der Waals surface area contributed by atoms with Gasteiger partial charge in [-0.25, -0.2) is 0 Å². The summed E-state index contributed by atoms with van der Waals surface area (Å²) in [6.45, 7) is 5.44. The van der Waals surface area contributed by atoms with Gasteiger partial charge in [-0.3, -0.25) is 0 Å². The van der Waals surface area contributed by atoms with Crippen LogP contribution in [0.3, 0.4) is 0 Å². The molecule has 2 aromatic heterocycles. The summed E-state index contributed by atoms with van der Waals surface area (Å²) < 4.78 is 7.56. The Bertz CT molecular complexity index is 829. The van der Waals surface area contributed by atoms with E-state index in [0.717, 1.165) is 48.3 Å². The zero-order valence-corrected chi connectivity index (χ0v) is 14.5. The molecule has 3 heterocycles. The standard InChI is InChI=1S/C19H23N5O/c1-15-4-2-11-23(15)12-3-13-25-17-7-5-16(6-8-17)18-9-10-19-21-20-14-24(19)22-18/h5-10,14-15H,2-4,11-13H2,1H3/t15-/m0/s1. The molecule has 1 atom stereocenters. The van der Waals surface area contributed by atoms with Crippen molar-refractivity contribution in [2.24, 2.45) is 0 Å². The lowest BCUT2D eigenvalue weighted by Crippen LogP contribution is -2.28. The Hall–Kier alpha value is -2.47. The van der Waals surface area contributed by atoms with Crippen LogP contribution in [0.1, 0.15) is 26.2 Å². The zero-order chi connectivity index (χ0) is 17.1. The van der Waals surface area contributed by atoms with Gasteiger partial charge in [-0.1, -0.05) is 0 Å². The summed E-state index contributed by atoms with van der Waals surface area (Å²) >= 11 is 0. The molecule has 25 heavy (non-hydrogen) atoms. The monoisotopic (exact) mass is 337 g/mol. The van der Waals surface area contributed by atoms with Crippen molar-refractivity contribution in [1.29, 1.82) is 0 Å². The van der Waals surface area contributed by atoms with Gasteiger partial charge in [0.2, 0.25) is 0 Å². The lowest BCUT2D eigenvalue weighted by atomic mass is 10.1. The minimum Gasteiger partial charge on any atom is -0.494 e. The van der Waals surface area contributed by atoms with Crippen LogP contribution in [-0.2, 0) is 0 Å². The van der Waals surface area contributed by atoms with Gasteiger partial charge < -0.3 is 9.64 Å². The summed E-state index contributed by atoms with van der Waals surface area (Å²) in [5.74, 6) is 0.906. The van der Waals surface area contributed by atoms with Crippen LogP contribution in [0.4, 0.5) is 0 Å². The Kier molecular flexibility index (Phi) is 4.61. The van der Waals surface area contributed by atoms with Crippen LogP contribution >= 0.6 is 0 Å². The molecule has 0 bridgehead atoms. The molecule has 0 aliphatic carbocycles. The van der Waals surface area contributed by atoms with Gasteiger partial charge in [0.15, 0.2) is 5.65 Å². The van der Waals surface area contributed by atoms with E-state index in [1.54, 1.807) is 10.8 Å². The summed E-state index contributed by atoms with van der Waals surface area (Å²) in [6.07, 6.45) is 5.34. The van der Waals surface area contributed by atoms with Crippen molar-refractivity contribution < 1.29 is 4.74 Å². The molecule has 1 aliphatic heterocycles. The largest absolute Gasteiger partial charge is 0.494 e. The van der Waals surface area contributed by atoms with Crippen LogP contribution in [0.2, 0.25) is 0 Å². The van der Waals surface area contributed by atoms with Crippen LogP contribution in [0, 0.1) is 0 Å². The Morgan fingerprint density at radius 3 is 2.84 bits per heavy atom. The molecular weight excluding hydrogens is 314 g/mol. The van der Waals surface area contributed by atoms with E-state index in [0.29, 0.717) is 0 Å². The third-order valence-corrected chi connectivity index (χ3v) is 4.86. The van der Waals surface area contributed by atoms with Gasteiger partial charge in [0.05, 0.1) is 12.3 Å². The lowest BCUT2D eigenvalue weighted by Gasteiger charge is -2.20. The number of hydrogen-bond acceptors (Lipinski definition) is 5. The van der Waals surface area contributed by atoms with Gasteiger partial charge in [0.1, 0.15) is 12.1 Å². The van der Waals surface area contributed by atoms with Crippen molar-refractivity contribution in [1.82, 2.24) is 24.7 Å². The Morgan fingerprint density at radius 2 is 2.04 bits per heavy atom. The highest BCUT2D eigenvalue weighted by molar-refractivity contribution is 5.60. The molecule has 0 unspecified atom stereocenters. The number of hydrogen-bond donors (Lipinski definition) is 0. The highest BCUT2D eigenvalue weighted by Gasteiger charge is 2.19. The van der Waals surface area contributed by atoms with E-state index in [-0.39, 0.29) is 0 Å². The van der Waals surface area contributed by atoms with Gasteiger partial charge in [-0.15, -0.1) is 10.2 Å². The fourth-order valence-corrected chi connectivity index (χ4v) is 3.39. The molecule has 1 aromatic carbocycles. The zero-order valence-electron chi connectivity index (χ0n) is 14.5. The molecule has 6 nitrogen and oxygen atoms in total. The molecule has 4 rings (SSSR count). The van der Waals surface area contributed by atoms with Crippen molar-refractivity contribution in [2.75, 3.05) is 19.7 Å². The minimum absolute atomic E-state index is 0.731. The minimum atomic E-state index is 0.731. The summed E-state index contributed by atoms with van der Waals surface area (Å²) in [5, 5.41) is 12.3. The molecule has 1 fully saturated rings. The van der Waals surface area contributed by atoms with E-state index in [1.807, 2.05) is 36.4 Å². The fraction of sp³-hybridized carbons (Fsp3) is 0.421. The lowest BCUT2D eigenvalue weighted by molar-refractivity contribution is 0.230. The average molecular weight is 337 g/mol. The first-order valence-electron chi connectivity index (χ1n) is 8.94. The molecule has 0 N–H and O–H groups in total. The maximum Gasteiger partial charge on any atom is 0.177 e. The Balaban J connectivity index is 1.32. The van der Waals surface area contributed by atoms with Gasteiger partial charge in [0, 0.05) is 18.2 Å². The third kappa shape index (κ3) is 3.64. The van der Waals surface area contributed by atoms with Gasteiger partial charge in [-0.05, 0) is 69.1 Å². The molecule has 3 aromatic rings. The number of fused-ring (bicyclic) bond motifs is 1. The second kappa shape index (κ2) is 7.19. The summed E-state index contributed by atoms with van der Waals surface area (Å²) in [5.41, 5.74) is 2.69. The number of aromatic nitrogens is 4. The molecule has 1 aliphatic rings. The number of ether oxygens (including phenoxy) is 1. The first-order chi connectivity index (χ1) is 12.3. The molecule has 0 saturated carbocycles. The fourth-order valence-electron chi connectivity index (χ4n) is 3.39. The van der Waals surface area contributed by atoms with Crippen LogP contribution < -0.4 is 4.74 Å². The van der Waals surface area contributed by atoms with Gasteiger partial charge in [0.25, 0.3) is 0 Å². The summed E-state index contributed by atoms with van der Waals surface area (Å²) in [7, 11) is 0. The van der Waals surface area contributed by atoms with E-state index in [4.69, 9.17) is 4.74 Å². The maximum atomic E-state index is 5.88. The second-order valence-electron chi connectivity index (χ2n) is 6.61. The first-order valence-corrected chi connectivity index (χ1v) is 8.94. The van der Waals surface area contributed by atoms with Crippen molar-refractivity contribution in [3.63, 3.8) is 0 Å². The van der Waals surface area contributed by atoms with Crippen molar-refractivity contribution in [3.05, 3.63) is 42.7 Å². The van der Waals surface area contributed by atoms with Crippen LogP contribution in [0.5, 0.6) is 5.75 Å². The average Bonchev–Trinajstić information content (AvgIpc) is 3.27. The van der Waals surface area contributed by atoms with E-state index >= 15 is 0 Å². The van der Waals surface area contributed by atoms with E-state index in [2.05, 4.69) is 27.1 Å². The number of benzene rings is 1. The quantitative estimate of drug-likeness (QED) is 0.647. The van der Waals surface area contributed by atoms with Gasteiger partial charge >= 0.3 is 0 Å². The van der Waals surface area contributed by atoms with Crippen LogP contribution in [0.25, 0.3) is 16.9 Å². The van der Waals surface area contributed by atoms with E-state index in [9.17, 15) is 0 Å². The molecule has 0 spiro atoms. The van der Waals surface area contributed by atoms with Crippen LogP contribution in [-0.4, -0.2) is 50.4 Å². The maximum absolute atomic E-state index is 5.88. The molecule has 130 valence electrons.